The van der Waals surface area contributed by atoms with Crippen molar-refractivity contribution in [1.29, 1.82) is 0 Å². The van der Waals surface area contributed by atoms with Crippen molar-refractivity contribution in [2.24, 2.45) is 0 Å². The Morgan fingerprint density at radius 1 is 0.913 bits per heavy atom. The summed E-state index contributed by atoms with van der Waals surface area (Å²) in [7, 11) is -3.94. The molecule has 3 rings (SSSR count). The van der Waals surface area contributed by atoms with Gasteiger partial charge >= 0.3 is 0 Å². The van der Waals surface area contributed by atoms with E-state index in [0.717, 1.165) is 15.1 Å². The van der Waals surface area contributed by atoms with Gasteiger partial charge in [-0.15, -0.1) is 0 Å². The Hall–Kier alpha value is -1.27. The standard InChI is InChI=1S/C15H11Cl3N2O2S/c1-8-3-13-14(4-9(8)2)20(7-19-13)23(21,22)15-6-11(17)10(16)5-12(15)18/h3-7H,1-2H3. The van der Waals surface area contributed by atoms with Gasteiger partial charge in [-0.05, 0) is 49.2 Å². The van der Waals surface area contributed by atoms with E-state index in [-0.39, 0.29) is 20.0 Å². The molecule has 0 aliphatic rings. The number of hydrogen-bond acceptors (Lipinski definition) is 3. The number of imidazole rings is 1. The summed E-state index contributed by atoms with van der Waals surface area (Å²) in [5.41, 5.74) is 3.07. The summed E-state index contributed by atoms with van der Waals surface area (Å²) in [4.78, 5) is 4.04. The molecule has 0 fully saturated rings. The van der Waals surface area contributed by atoms with E-state index in [1.54, 1.807) is 6.07 Å². The third kappa shape index (κ3) is 2.72. The summed E-state index contributed by atoms with van der Waals surface area (Å²) < 4.78 is 26.9. The molecule has 0 atom stereocenters. The van der Waals surface area contributed by atoms with Gasteiger partial charge in [0.15, 0.2) is 0 Å². The van der Waals surface area contributed by atoms with Gasteiger partial charge in [-0.1, -0.05) is 34.8 Å². The Balaban J connectivity index is 2.29. The smallest absolute Gasteiger partial charge is 0.236 e. The van der Waals surface area contributed by atoms with E-state index in [0.29, 0.717) is 11.0 Å². The van der Waals surface area contributed by atoms with E-state index in [4.69, 9.17) is 34.8 Å². The van der Waals surface area contributed by atoms with Gasteiger partial charge in [-0.2, -0.15) is 0 Å². The van der Waals surface area contributed by atoms with Crippen molar-refractivity contribution >= 4 is 55.9 Å². The maximum absolute atomic E-state index is 12.9. The quantitative estimate of drug-likeness (QED) is 0.589. The number of fused-ring (bicyclic) bond motifs is 1. The monoisotopic (exact) mass is 388 g/mol. The lowest BCUT2D eigenvalue weighted by atomic mass is 10.1. The average molecular weight is 390 g/mol. The molecule has 2 aromatic carbocycles. The van der Waals surface area contributed by atoms with E-state index in [9.17, 15) is 8.42 Å². The Kier molecular flexibility index (Phi) is 4.09. The molecule has 0 spiro atoms. The SMILES string of the molecule is Cc1cc2ncn(S(=O)(=O)c3cc(Cl)c(Cl)cc3Cl)c2cc1C. The maximum atomic E-state index is 12.9. The molecule has 4 nitrogen and oxygen atoms in total. The largest absolute Gasteiger partial charge is 0.271 e. The molecule has 0 aliphatic carbocycles. The lowest BCUT2D eigenvalue weighted by Gasteiger charge is -2.10. The molecule has 0 radical (unpaired) electrons. The maximum Gasteiger partial charge on any atom is 0.271 e. The lowest BCUT2D eigenvalue weighted by Crippen LogP contribution is -2.12. The van der Waals surface area contributed by atoms with Crippen LogP contribution in [0, 0.1) is 13.8 Å². The minimum absolute atomic E-state index is 0.00471. The fraction of sp³-hybridized carbons (Fsp3) is 0.133. The van der Waals surface area contributed by atoms with Crippen LogP contribution in [0.5, 0.6) is 0 Å². The van der Waals surface area contributed by atoms with Crippen molar-refractivity contribution in [3.63, 3.8) is 0 Å². The molecule has 8 heteroatoms. The summed E-state index contributed by atoms with van der Waals surface area (Å²) in [6, 6.07) is 6.18. The number of halogens is 3. The average Bonchev–Trinajstić information content (AvgIpc) is 2.86. The van der Waals surface area contributed by atoms with Crippen LogP contribution >= 0.6 is 34.8 Å². The summed E-state index contributed by atoms with van der Waals surface area (Å²) in [6.45, 7) is 3.85. The highest BCUT2D eigenvalue weighted by atomic mass is 35.5. The molecule has 23 heavy (non-hydrogen) atoms. The topological polar surface area (TPSA) is 52.0 Å². The number of benzene rings is 2. The number of aryl methyl sites for hydroxylation is 2. The molecule has 0 bridgehead atoms. The van der Waals surface area contributed by atoms with Crippen molar-refractivity contribution in [3.05, 3.63) is 56.8 Å². The second-order valence-corrected chi connectivity index (χ2v) is 8.17. The number of nitrogens with zero attached hydrogens (tertiary/aromatic N) is 2. The highest BCUT2D eigenvalue weighted by Crippen LogP contribution is 2.33. The van der Waals surface area contributed by atoms with Crippen molar-refractivity contribution in [3.8, 4) is 0 Å². The normalized spacial score (nSPS) is 12.0. The molecule has 0 saturated carbocycles. The summed E-state index contributed by atoms with van der Waals surface area (Å²) in [6.07, 6.45) is 1.26. The molecular weight excluding hydrogens is 379 g/mol. The first-order valence-electron chi connectivity index (χ1n) is 6.56. The van der Waals surface area contributed by atoms with Gasteiger partial charge in [-0.3, -0.25) is 0 Å². The van der Waals surface area contributed by atoms with Crippen molar-refractivity contribution in [2.45, 2.75) is 18.7 Å². The highest BCUT2D eigenvalue weighted by molar-refractivity contribution is 7.90. The summed E-state index contributed by atoms with van der Waals surface area (Å²) >= 11 is 17.9. The molecular formula is C15H11Cl3N2O2S. The first kappa shape index (κ1) is 16.6. The first-order valence-corrected chi connectivity index (χ1v) is 9.13. The van der Waals surface area contributed by atoms with Crippen LogP contribution in [0.3, 0.4) is 0 Å². The van der Waals surface area contributed by atoms with Crippen LogP contribution in [0.15, 0.2) is 35.5 Å². The molecule has 0 saturated heterocycles. The van der Waals surface area contributed by atoms with E-state index in [1.807, 2.05) is 19.9 Å². The molecule has 1 heterocycles. The van der Waals surface area contributed by atoms with E-state index in [1.165, 1.54) is 18.5 Å². The number of aromatic nitrogens is 2. The minimum Gasteiger partial charge on any atom is -0.236 e. The summed E-state index contributed by atoms with van der Waals surface area (Å²) in [5, 5.41) is 0.314. The number of hydrogen-bond donors (Lipinski definition) is 0. The van der Waals surface area contributed by atoms with E-state index in [2.05, 4.69) is 4.98 Å². The van der Waals surface area contributed by atoms with Gasteiger partial charge in [-0.25, -0.2) is 17.4 Å². The lowest BCUT2D eigenvalue weighted by molar-refractivity contribution is 0.589. The minimum atomic E-state index is -3.94. The van der Waals surface area contributed by atoms with Crippen LogP contribution in [0.4, 0.5) is 0 Å². The number of rotatable bonds is 2. The van der Waals surface area contributed by atoms with Crippen LogP contribution in [-0.4, -0.2) is 17.4 Å². The summed E-state index contributed by atoms with van der Waals surface area (Å²) in [5.74, 6) is 0. The fourth-order valence-electron chi connectivity index (χ4n) is 2.24. The van der Waals surface area contributed by atoms with Gasteiger partial charge in [0.05, 0.1) is 26.1 Å². The van der Waals surface area contributed by atoms with Crippen molar-refractivity contribution < 1.29 is 8.42 Å². The van der Waals surface area contributed by atoms with E-state index >= 15 is 0 Å². The third-order valence-corrected chi connectivity index (χ3v) is 6.49. The Morgan fingerprint density at radius 3 is 2.22 bits per heavy atom. The molecule has 0 N–H and O–H groups in total. The zero-order valence-electron chi connectivity index (χ0n) is 12.1. The predicted molar refractivity (Wildman–Crippen MR) is 93.3 cm³/mol. The van der Waals surface area contributed by atoms with Crippen molar-refractivity contribution in [2.75, 3.05) is 0 Å². The van der Waals surface area contributed by atoms with Crippen molar-refractivity contribution in [1.82, 2.24) is 8.96 Å². The van der Waals surface area contributed by atoms with Gasteiger partial charge in [0.2, 0.25) is 0 Å². The second-order valence-electron chi connectivity index (χ2n) is 5.17. The Labute approximate surface area is 148 Å². The first-order chi connectivity index (χ1) is 10.7. The van der Waals surface area contributed by atoms with E-state index < -0.39 is 10.0 Å². The zero-order chi connectivity index (χ0) is 16.9. The molecule has 0 aliphatic heterocycles. The van der Waals surface area contributed by atoms with Gasteiger partial charge < -0.3 is 0 Å². The predicted octanol–water partition coefficient (Wildman–Crippen LogP) is 4.85. The Bertz CT molecular complexity index is 1040. The molecule has 0 amide bonds. The van der Waals surface area contributed by atoms with Crippen LogP contribution in [0.2, 0.25) is 15.1 Å². The molecule has 1 aromatic heterocycles. The van der Waals surface area contributed by atoms with Crippen LogP contribution < -0.4 is 0 Å². The Morgan fingerprint density at radius 2 is 1.52 bits per heavy atom. The second kappa shape index (κ2) is 5.67. The molecule has 3 aromatic rings. The third-order valence-electron chi connectivity index (χ3n) is 3.64. The van der Waals surface area contributed by atoms with Crippen LogP contribution in [0.25, 0.3) is 11.0 Å². The molecule has 120 valence electrons. The fourth-order valence-corrected chi connectivity index (χ4v) is 4.51. The zero-order valence-corrected chi connectivity index (χ0v) is 15.2. The van der Waals surface area contributed by atoms with Crippen LogP contribution in [-0.2, 0) is 10.0 Å². The van der Waals surface area contributed by atoms with Gasteiger partial charge in [0.25, 0.3) is 10.0 Å². The highest BCUT2D eigenvalue weighted by Gasteiger charge is 2.24. The van der Waals surface area contributed by atoms with Gasteiger partial charge in [0, 0.05) is 0 Å². The van der Waals surface area contributed by atoms with Crippen LogP contribution in [0.1, 0.15) is 11.1 Å². The molecule has 0 unspecified atom stereocenters. The van der Waals surface area contributed by atoms with Gasteiger partial charge in [0.1, 0.15) is 11.2 Å².